The van der Waals surface area contributed by atoms with Crippen molar-refractivity contribution >= 4 is 11.4 Å². The SMILES string of the molecule is C=CCC(C=C)N1Cc2c(NC3CCCC(N)C3)cccc2N1. The number of nitrogens with two attached hydrogens (primary N) is 1. The average molecular weight is 312 g/mol. The normalized spacial score (nSPS) is 25.3. The number of nitrogens with zero attached hydrogens (tertiary/aromatic N) is 1. The number of anilines is 2. The standard InChI is InChI=1S/C19H28N4/c1-3-7-16(4-2)23-13-17-18(10-6-11-19(17)22-23)21-15-9-5-8-14(20)12-15/h3-4,6,10-11,14-16,21-22H,1-2,5,7-9,12-13,20H2. The van der Waals surface area contributed by atoms with Crippen LogP contribution in [0.5, 0.6) is 0 Å². The second-order valence-corrected chi connectivity index (χ2v) is 6.67. The highest BCUT2D eigenvalue weighted by atomic mass is 15.5. The molecule has 3 atom stereocenters. The molecule has 3 unspecified atom stereocenters. The van der Waals surface area contributed by atoms with Crippen molar-refractivity contribution < 1.29 is 0 Å². The van der Waals surface area contributed by atoms with E-state index in [1.807, 2.05) is 12.2 Å². The van der Waals surface area contributed by atoms with Crippen molar-refractivity contribution in [3.05, 3.63) is 49.1 Å². The molecule has 23 heavy (non-hydrogen) atoms. The molecule has 0 saturated heterocycles. The summed E-state index contributed by atoms with van der Waals surface area (Å²) in [6, 6.07) is 7.52. The van der Waals surface area contributed by atoms with Crippen LogP contribution in [-0.4, -0.2) is 23.1 Å². The Bertz CT molecular complexity index is 568. The van der Waals surface area contributed by atoms with Gasteiger partial charge in [-0.15, -0.1) is 13.2 Å². The Morgan fingerprint density at radius 3 is 3.00 bits per heavy atom. The molecule has 3 rings (SSSR count). The maximum Gasteiger partial charge on any atom is 0.0556 e. The Hall–Kier alpha value is -1.78. The molecular weight excluding hydrogens is 284 g/mol. The highest BCUT2D eigenvalue weighted by Crippen LogP contribution is 2.34. The van der Waals surface area contributed by atoms with E-state index < -0.39 is 0 Å². The molecule has 0 aromatic heterocycles. The number of benzene rings is 1. The predicted octanol–water partition coefficient (Wildman–Crippen LogP) is 3.64. The summed E-state index contributed by atoms with van der Waals surface area (Å²) in [6.45, 7) is 8.67. The molecular formula is C19H28N4. The molecule has 0 bridgehead atoms. The molecule has 0 radical (unpaired) electrons. The van der Waals surface area contributed by atoms with Gasteiger partial charge in [-0.25, -0.2) is 5.01 Å². The summed E-state index contributed by atoms with van der Waals surface area (Å²) in [6.07, 6.45) is 9.46. The van der Waals surface area contributed by atoms with Crippen molar-refractivity contribution in [2.24, 2.45) is 5.73 Å². The maximum absolute atomic E-state index is 6.12. The lowest BCUT2D eigenvalue weighted by atomic mass is 9.91. The zero-order valence-corrected chi connectivity index (χ0v) is 13.8. The third-order valence-corrected chi connectivity index (χ3v) is 4.92. The summed E-state index contributed by atoms with van der Waals surface area (Å²) in [5.41, 5.74) is 13.4. The van der Waals surface area contributed by atoms with Gasteiger partial charge in [0.15, 0.2) is 0 Å². The monoisotopic (exact) mass is 312 g/mol. The van der Waals surface area contributed by atoms with Crippen LogP contribution in [0.15, 0.2) is 43.5 Å². The van der Waals surface area contributed by atoms with Crippen LogP contribution in [0.3, 0.4) is 0 Å². The Morgan fingerprint density at radius 1 is 1.39 bits per heavy atom. The van der Waals surface area contributed by atoms with Gasteiger partial charge < -0.3 is 16.5 Å². The van der Waals surface area contributed by atoms with Crippen molar-refractivity contribution in [1.82, 2.24) is 5.01 Å². The average Bonchev–Trinajstić information content (AvgIpc) is 2.97. The molecule has 1 heterocycles. The number of nitrogens with one attached hydrogen (secondary N) is 2. The topological polar surface area (TPSA) is 53.3 Å². The van der Waals surface area contributed by atoms with Gasteiger partial charge in [-0.2, -0.15) is 0 Å². The largest absolute Gasteiger partial charge is 0.382 e. The van der Waals surface area contributed by atoms with Crippen molar-refractivity contribution in [1.29, 1.82) is 0 Å². The van der Waals surface area contributed by atoms with Gasteiger partial charge in [-0.3, -0.25) is 0 Å². The summed E-state index contributed by atoms with van der Waals surface area (Å²) < 4.78 is 0. The molecule has 1 aromatic carbocycles. The lowest BCUT2D eigenvalue weighted by Crippen LogP contribution is -2.35. The van der Waals surface area contributed by atoms with Gasteiger partial charge in [-0.1, -0.05) is 18.2 Å². The molecule has 1 aromatic rings. The minimum Gasteiger partial charge on any atom is -0.382 e. The Balaban J connectivity index is 1.73. The van der Waals surface area contributed by atoms with Gasteiger partial charge in [0.05, 0.1) is 11.7 Å². The summed E-state index contributed by atoms with van der Waals surface area (Å²) in [7, 11) is 0. The zero-order chi connectivity index (χ0) is 16.2. The zero-order valence-electron chi connectivity index (χ0n) is 13.8. The first kappa shape index (κ1) is 16.1. The number of hydrazine groups is 1. The highest BCUT2D eigenvalue weighted by Gasteiger charge is 2.26. The fraction of sp³-hybridized carbons (Fsp3) is 0.474. The predicted molar refractivity (Wildman–Crippen MR) is 98.3 cm³/mol. The Morgan fingerprint density at radius 2 is 2.26 bits per heavy atom. The Labute approximate surface area is 139 Å². The number of hydrogen-bond acceptors (Lipinski definition) is 4. The smallest absolute Gasteiger partial charge is 0.0556 e. The molecule has 0 spiro atoms. The van der Waals surface area contributed by atoms with Crippen molar-refractivity contribution in [2.75, 3.05) is 10.7 Å². The van der Waals surface area contributed by atoms with Gasteiger partial charge in [-0.05, 0) is 44.2 Å². The molecule has 2 aliphatic rings. The quantitative estimate of drug-likeness (QED) is 0.702. The number of hydrogen-bond donors (Lipinski definition) is 3. The Kier molecular flexibility index (Phi) is 5.03. The van der Waals surface area contributed by atoms with Gasteiger partial charge in [0, 0.05) is 29.9 Å². The molecule has 1 saturated carbocycles. The second-order valence-electron chi connectivity index (χ2n) is 6.67. The van der Waals surface area contributed by atoms with Crippen LogP contribution in [0.1, 0.15) is 37.7 Å². The van der Waals surface area contributed by atoms with Gasteiger partial charge in [0.25, 0.3) is 0 Å². The van der Waals surface area contributed by atoms with Crippen molar-refractivity contribution in [3.63, 3.8) is 0 Å². The summed E-state index contributed by atoms with van der Waals surface area (Å²) in [5.74, 6) is 0. The van der Waals surface area contributed by atoms with Crippen LogP contribution in [0, 0.1) is 0 Å². The highest BCUT2D eigenvalue weighted by molar-refractivity contribution is 5.67. The first-order valence-electron chi connectivity index (χ1n) is 8.62. The lowest BCUT2D eigenvalue weighted by Gasteiger charge is -2.29. The molecule has 1 aliphatic carbocycles. The van der Waals surface area contributed by atoms with Crippen LogP contribution in [-0.2, 0) is 6.54 Å². The lowest BCUT2D eigenvalue weighted by molar-refractivity contribution is 0.289. The van der Waals surface area contributed by atoms with E-state index in [0.29, 0.717) is 12.1 Å². The van der Waals surface area contributed by atoms with E-state index in [-0.39, 0.29) is 6.04 Å². The van der Waals surface area contributed by atoms with Crippen LogP contribution in [0.4, 0.5) is 11.4 Å². The van der Waals surface area contributed by atoms with Crippen LogP contribution in [0.2, 0.25) is 0 Å². The first-order valence-corrected chi connectivity index (χ1v) is 8.62. The third-order valence-electron chi connectivity index (χ3n) is 4.92. The molecule has 1 fully saturated rings. The molecule has 4 heteroatoms. The minimum absolute atomic E-state index is 0.260. The van der Waals surface area contributed by atoms with Crippen LogP contribution < -0.4 is 16.5 Å². The fourth-order valence-electron chi connectivity index (χ4n) is 3.66. The summed E-state index contributed by atoms with van der Waals surface area (Å²) >= 11 is 0. The molecule has 1 aliphatic heterocycles. The first-order chi connectivity index (χ1) is 11.2. The van der Waals surface area contributed by atoms with Gasteiger partial charge in [0.1, 0.15) is 0 Å². The van der Waals surface area contributed by atoms with Crippen molar-refractivity contribution in [3.8, 4) is 0 Å². The summed E-state index contributed by atoms with van der Waals surface area (Å²) in [4.78, 5) is 0. The van der Waals surface area contributed by atoms with E-state index in [1.165, 1.54) is 29.8 Å². The van der Waals surface area contributed by atoms with E-state index in [1.54, 1.807) is 0 Å². The molecule has 4 N–H and O–H groups in total. The van der Waals surface area contributed by atoms with E-state index in [4.69, 9.17) is 5.73 Å². The third kappa shape index (κ3) is 3.59. The van der Waals surface area contributed by atoms with Crippen LogP contribution in [0.25, 0.3) is 0 Å². The summed E-state index contributed by atoms with van der Waals surface area (Å²) in [5, 5.41) is 5.96. The van der Waals surface area contributed by atoms with E-state index in [2.05, 4.69) is 47.1 Å². The number of fused-ring (bicyclic) bond motifs is 1. The maximum atomic E-state index is 6.12. The molecule has 124 valence electrons. The van der Waals surface area contributed by atoms with E-state index >= 15 is 0 Å². The molecule has 4 nitrogen and oxygen atoms in total. The van der Waals surface area contributed by atoms with Gasteiger partial charge >= 0.3 is 0 Å². The number of rotatable bonds is 6. The molecule has 0 amide bonds. The van der Waals surface area contributed by atoms with Crippen LogP contribution >= 0.6 is 0 Å². The van der Waals surface area contributed by atoms with Crippen molar-refractivity contribution in [2.45, 2.75) is 56.8 Å². The minimum atomic E-state index is 0.260. The van der Waals surface area contributed by atoms with E-state index in [0.717, 1.165) is 25.8 Å². The fourth-order valence-corrected chi connectivity index (χ4v) is 3.66. The second kappa shape index (κ2) is 7.20. The van der Waals surface area contributed by atoms with E-state index in [9.17, 15) is 0 Å². The van der Waals surface area contributed by atoms with Gasteiger partial charge in [0.2, 0.25) is 0 Å².